The average Bonchev–Trinajstić information content (AvgIpc) is 2.29. The summed E-state index contributed by atoms with van der Waals surface area (Å²) in [5, 5.41) is 15.7. The van der Waals surface area contributed by atoms with Crippen molar-refractivity contribution in [3.05, 3.63) is 24.0 Å². The van der Waals surface area contributed by atoms with Crippen LogP contribution in [0, 0.1) is 17.3 Å². The molecule has 0 amide bonds. The van der Waals surface area contributed by atoms with Crippen molar-refractivity contribution in [2.24, 2.45) is 10.1 Å². The van der Waals surface area contributed by atoms with Gasteiger partial charge in [-0.2, -0.15) is 5.26 Å². The predicted octanol–water partition coefficient (Wildman–Crippen LogP) is 0.894. The van der Waals surface area contributed by atoms with E-state index in [1.165, 1.54) is 6.07 Å². The number of benzene rings is 1. The van der Waals surface area contributed by atoms with Gasteiger partial charge in [-0.25, -0.2) is 22.9 Å². The number of amidine groups is 1. The van der Waals surface area contributed by atoms with Gasteiger partial charge in [-0.05, 0) is 18.4 Å². The summed E-state index contributed by atoms with van der Waals surface area (Å²) in [4.78, 5) is 3.31. The first-order valence-corrected chi connectivity index (χ1v) is 7.26. The van der Waals surface area contributed by atoms with Gasteiger partial charge in [-0.3, -0.25) is 5.32 Å². The van der Waals surface area contributed by atoms with Gasteiger partial charge < -0.3 is 0 Å². The Morgan fingerprint density at radius 2 is 2.28 bits per heavy atom. The third kappa shape index (κ3) is 3.43. The highest BCUT2D eigenvalue weighted by molar-refractivity contribution is 8.13. The molecule has 96 valence electrons. The molecule has 0 saturated heterocycles. The van der Waals surface area contributed by atoms with Gasteiger partial charge in [-0.15, -0.1) is 0 Å². The Morgan fingerprint density at radius 1 is 1.61 bits per heavy atom. The SMILES string of the molecule is CSC(=Nc1c(F)cccc1S(N)(=O)=O)NC#N. The van der Waals surface area contributed by atoms with Crippen molar-refractivity contribution >= 4 is 32.6 Å². The molecule has 0 atom stereocenters. The maximum atomic E-state index is 13.6. The van der Waals surface area contributed by atoms with Crippen LogP contribution in [0.4, 0.5) is 10.1 Å². The Kier molecular flexibility index (Phi) is 4.66. The number of nitrogens with one attached hydrogen (secondary N) is 1. The minimum absolute atomic E-state index is 0.0625. The van der Waals surface area contributed by atoms with Gasteiger partial charge in [0.05, 0.1) is 0 Å². The lowest BCUT2D eigenvalue weighted by Gasteiger charge is -2.06. The van der Waals surface area contributed by atoms with Crippen LogP contribution in [0.5, 0.6) is 0 Å². The molecule has 1 aromatic carbocycles. The number of nitrogens with two attached hydrogens (primary N) is 1. The number of para-hydroxylation sites is 1. The van der Waals surface area contributed by atoms with Crippen molar-refractivity contribution in [1.29, 1.82) is 5.26 Å². The Bertz CT molecular complexity index is 622. The predicted molar refractivity (Wildman–Crippen MR) is 67.1 cm³/mol. The summed E-state index contributed by atoms with van der Waals surface area (Å²) in [5.41, 5.74) is -0.424. The molecule has 9 heteroatoms. The van der Waals surface area contributed by atoms with E-state index in [9.17, 15) is 12.8 Å². The van der Waals surface area contributed by atoms with Crippen LogP contribution in [0.25, 0.3) is 0 Å². The summed E-state index contributed by atoms with van der Waals surface area (Å²) in [6.45, 7) is 0. The zero-order valence-corrected chi connectivity index (χ0v) is 10.8. The van der Waals surface area contributed by atoms with Crippen molar-refractivity contribution < 1.29 is 12.8 Å². The normalized spacial score (nSPS) is 12.0. The molecule has 0 radical (unpaired) electrons. The molecular formula is C9H9FN4O2S2. The van der Waals surface area contributed by atoms with E-state index in [0.717, 1.165) is 23.9 Å². The fraction of sp³-hybridized carbons (Fsp3) is 0.111. The highest BCUT2D eigenvalue weighted by Crippen LogP contribution is 2.27. The van der Waals surface area contributed by atoms with Crippen LogP contribution in [0.1, 0.15) is 0 Å². The summed E-state index contributed by atoms with van der Waals surface area (Å²) in [5.74, 6) is -0.840. The molecule has 0 saturated carbocycles. The molecule has 0 aliphatic heterocycles. The van der Waals surface area contributed by atoms with Gasteiger partial charge in [0.1, 0.15) is 16.4 Å². The van der Waals surface area contributed by atoms with Crippen LogP contribution in [-0.4, -0.2) is 19.8 Å². The number of nitrogens with zero attached hydrogens (tertiary/aromatic N) is 2. The van der Waals surface area contributed by atoms with Crippen LogP contribution in [0.3, 0.4) is 0 Å². The monoisotopic (exact) mass is 288 g/mol. The summed E-state index contributed by atoms with van der Waals surface area (Å²) < 4.78 is 36.1. The first-order valence-electron chi connectivity index (χ1n) is 4.49. The smallest absolute Gasteiger partial charge is 0.240 e. The summed E-state index contributed by atoms with van der Waals surface area (Å²) in [6.07, 6.45) is 3.21. The average molecular weight is 288 g/mol. The number of hydrogen-bond donors (Lipinski definition) is 2. The fourth-order valence-electron chi connectivity index (χ4n) is 1.11. The molecule has 0 fully saturated rings. The van der Waals surface area contributed by atoms with Gasteiger partial charge in [0, 0.05) is 0 Å². The van der Waals surface area contributed by atoms with E-state index in [1.54, 1.807) is 12.4 Å². The van der Waals surface area contributed by atoms with Crippen LogP contribution in [-0.2, 0) is 10.0 Å². The topological polar surface area (TPSA) is 108 Å². The number of halogens is 1. The van der Waals surface area contributed by atoms with Crippen LogP contribution in [0.2, 0.25) is 0 Å². The summed E-state index contributed by atoms with van der Waals surface area (Å²) in [7, 11) is -4.09. The molecule has 0 spiro atoms. The molecule has 0 aliphatic carbocycles. The number of sulfonamides is 1. The van der Waals surface area contributed by atoms with Gasteiger partial charge in [-0.1, -0.05) is 17.8 Å². The van der Waals surface area contributed by atoms with Crippen LogP contribution >= 0.6 is 11.8 Å². The quantitative estimate of drug-likeness (QED) is 0.364. The second-order valence-corrected chi connectivity index (χ2v) is 5.31. The molecule has 18 heavy (non-hydrogen) atoms. The Labute approximate surface area is 108 Å². The van der Waals surface area contributed by atoms with E-state index in [0.29, 0.717) is 0 Å². The third-order valence-corrected chi connectivity index (χ3v) is 3.35. The van der Waals surface area contributed by atoms with Crippen molar-refractivity contribution in [1.82, 2.24) is 5.32 Å². The number of aliphatic imine (C=N–C) groups is 1. The van der Waals surface area contributed by atoms with Gasteiger partial charge in [0.15, 0.2) is 11.4 Å². The van der Waals surface area contributed by atoms with Crippen molar-refractivity contribution in [3.8, 4) is 6.19 Å². The maximum absolute atomic E-state index is 13.6. The number of nitriles is 1. The molecule has 1 aromatic rings. The summed E-state index contributed by atoms with van der Waals surface area (Å²) >= 11 is 1.03. The van der Waals surface area contributed by atoms with E-state index < -0.39 is 26.4 Å². The Morgan fingerprint density at radius 3 is 2.78 bits per heavy atom. The molecule has 6 nitrogen and oxygen atoms in total. The molecule has 1 rings (SSSR count). The second kappa shape index (κ2) is 5.81. The highest BCUT2D eigenvalue weighted by Gasteiger charge is 2.17. The lowest BCUT2D eigenvalue weighted by molar-refractivity contribution is 0.593. The first kappa shape index (κ1) is 14.4. The summed E-state index contributed by atoms with van der Waals surface area (Å²) in [6, 6.07) is 3.41. The zero-order valence-electron chi connectivity index (χ0n) is 9.21. The van der Waals surface area contributed by atoms with Crippen molar-refractivity contribution in [2.75, 3.05) is 6.26 Å². The molecule has 0 unspecified atom stereocenters. The lowest BCUT2D eigenvalue weighted by atomic mass is 10.3. The van der Waals surface area contributed by atoms with Crippen LogP contribution < -0.4 is 10.5 Å². The van der Waals surface area contributed by atoms with Gasteiger partial charge >= 0.3 is 0 Å². The Balaban J connectivity index is 3.45. The van der Waals surface area contributed by atoms with E-state index in [1.807, 2.05) is 0 Å². The molecule has 0 aliphatic rings. The zero-order chi connectivity index (χ0) is 13.8. The molecule has 3 N–H and O–H groups in total. The van der Waals surface area contributed by atoms with E-state index in [-0.39, 0.29) is 5.17 Å². The largest absolute Gasteiger partial charge is 0.271 e. The number of rotatable bonds is 2. The van der Waals surface area contributed by atoms with Gasteiger partial charge in [0.25, 0.3) is 0 Å². The minimum atomic E-state index is -4.09. The second-order valence-electron chi connectivity index (χ2n) is 2.99. The Hall–Kier alpha value is -1.63. The first-order chi connectivity index (χ1) is 8.40. The van der Waals surface area contributed by atoms with E-state index in [2.05, 4.69) is 10.3 Å². The minimum Gasteiger partial charge on any atom is -0.271 e. The maximum Gasteiger partial charge on any atom is 0.240 e. The number of thioether (sulfide) groups is 1. The fourth-order valence-corrected chi connectivity index (χ4v) is 2.12. The number of primary sulfonamides is 1. The van der Waals surface area contributed by atoms with Crippen molar-refractivity contribution in [3.63, 3.8) is 0 Å². The molecule has 0 bridgehead atoms. The molecule has 0 aromatic heterocycles. The molecule has 0 heterocycles. The van der Waals surface area contributed by atoms with E-state index >= 15 is 0 Å². The van der Waals surface area contributed by atoms with E-state index in [4.69, 9.17) is 10.4 Å². The molecular weight excluding hydrogens is 279 g/mol. The number of hydrogen-bond acceptors (Lipinski definition) is 5. The third-order valence-electron chi connectivity index (χ3n) is 1.83. The lowest BCUT2D eigenvalue weighted by Crippen LogP contribution is -2.15. The standard InChI is InChI=1S/C9H9FN4O2S2/c1-17-9(13-5-11)14-8-6(10)3-2-4-7(8)18(12,15)16/h2-4H,1H3,(H,13,14)(H2,12,15,16). The van der Waals surface area contributed by atoms with Gasteiger partial charge in [0.2, 0.25) is 10.0 Å². The van der Waals surface area contributed by atoms with Crippen molar-refractivity contribution in [2.45, 2.75) is 4.90 Å². The van der Waals surface area contributed by atoms with Crippen LogP contribution in [0.15, 0.2) is 28.1 Å². The highest BCUT2D eigenvalue weighted by atomic mass is 32.2.